The lowest BCUT2D eigenvalue weighted by atomic mass is 10.1. The van der Waals surface area contributed by atoms with Gasteiger partial charge in [0.05, 0.1) is 38.4 Å². The highest BCUT2D eigenvalue weighted by Crippen LogP contribution is 2.30. The minimum Gasteiger partial charge on any atom is -0.497 e. The molecular weight excluding hydrogens is 482 g/mol. The summed E-state index contributed by atoms with van der Waals surface area (Å²) in [5.41, 5.74) is 1.78. The molecule has 2 aliphatic heterocycles. The number of aromatic nitrogens is 2. The maximum atomic E-state index is 9.18. The van der Waals surface area contributed by atoms with E-state index in [-0.39, 0.29) is 12.1 Å². The second-order valence-corrected chi connectivity index (χ2v) is 9.78. The van der Waals surface area contributed by atoms with Crippen LogP contribution in [-0.4, -0.2) is 87.1 Å². The van der Waals surface area contributed by atoms with E-state index in [9.17, 15) is 5.26 Å². The predicted octanol–water partition coefficient (Wildman–Crippen LogP) is 2.65. The van der Waals surface area contributed by atoms with Gasteiger partial charge in [0.15, 0.2) is 0 Å². The number of fused-ring (bicyclic) bond motifs is 1. The number of methoxy groups -OCH3 is 1. The van der Waals surface area contributed by atoms with Gasteiger partial charge in [0, 0.05) is 62.0 Å². The average molecular weight is 518 g/mol. The third-order valence-electron chi connectivity index (χ3n) is 6.93. The van der Waals surface area contributed by atoms with E-state index < -0.39 is 0 Å². The summed E-state index contributed by atoms with van der Waals surface area (Å²) in [4.78, 5) is 13.9. The topological polar surface area (TPSA) is 108 Å². The van der Waals surface area contributed by atoms with Gasteiger partial charge in [-0.3, -0.25) is 0 Å². The zero-order chi connectivity index (χ0) is 26.3. The highest BCUT2D eigenvalue weighted by Gasteiger charge is 2.23. The maximum Gasteiger partial charge on any atom is 0.318 e. The van der Waals surface area contributed by atoms with Crippen LogP contribution in [0.2, 0.25) is 0 Å². The lowest BCUT2D eigenvalue weighted by molar-refractivity contribution is -0.0417. The fraction of sp³-hybridized carbons (Fsp3) is 0.464. The van der Waals surface area contributed by atoms with Crippen LogP contribution in [0.15, 0.2) is 42.5 Å². The number of morpholine rings is 1. The first-order chi connectivity index (χ1) is 18.6. The lowest BCUT2D eigenvalue weighted by Crippen LogP contribution is -2.50. The molecule has 0 spiro atoms. The van der Waals surface area contributed by atoms with Gasteiger partial charge < -0.3 is 34.6 Å². The summed E-state index contributed by atoms with van der Waals surface area (Å²) >= 11 is 0. The maximum absolute atomic E-state index is 9.18. The molecule has 10 heteroatoms. The fourth-order valence-electron chi connectivity index (χ4n) is 4.93. The number of likely N-dealkylation sites (N-methyl/N-ethyl adjacent to an activating group) is 1. The Morgan fingerprint density at radius 1 is 1.18 bits per heavy atom. The Hall–Kier alpha value is -3.65. The van der Waals surface area contributed by atoms with Crippen LogP contribution in [0.25, 0.3) is 10.8 Å². The van der Waals surface area contributed by atoms with Crippen molar-refractivity contribution in [1.29, 1.82) is 5.26 Å². The number of rotatable bonds is 9. The van der Waals surface area contributed by atoms with Crippen molar-refractivity contribution < 1.29 is 14.2 Å². The number of nitriles is 1. The normalized spacial score (nSPS) is 20.2. The van der Waals surface area contributed by atoms with Crippen molar-refractivity contribution in [3.63, 3.8) is 0 Å². The zero-order valence-electron chi connectivity index (χ0n) is 22.0. The molecule has 38 heavy (non-hydrogen) atoms. The van der Waals surface area contributed by atoms with Crippen LogP contribution >= 0.6 is 0 Å². The molecule has 0 amide bonds. The van der Waals surface area contributed by atoms with E-state index >= 15 is 0 Å². The monoisotopic (exact) mass is 517 g/mol. The van der Waals surface area contributed by atoms with Crippen LogP contribution in [0.1, 0.15) is 12.1 Å². The molecular formula is C28H35N7O3. The molecule has 0 radical (unpaired) electrons. The SMILES string of the molecule is COc1cc(NCc2cc(N3CCN[C@@H](CC#N)C3)nc(OC[C@@H]3CN(C)CCO3)n2)c2ccccc2c1. The van der Waals surface area contributed by atoms with Gasteiger partial charge in [-0.25, -0.2) is 0 Å². The van der Waals surface area contributed by atoms with E-state index in [0.717, 1.165) is 59.9 Å². The van der Waals surface area contributed by atoms with E-state index in [0.29, 0.717) is 38.7 Å². The van der Waals surface area contributed by atoms with Gasteiger partial charge >= 0.3 is 6.01 Å². The van der Waals surface area contributed by atoms with Gasteiger partial charge in [-0.2, -0.15) is 15.2 Å². The number of hydrogen-bond acceptors (Lipinski definition) is 10. The molecule has 200 valence electrons. The molecule has 1 aromatic heterocycles. The Labute approximate surface area is 223 Å². The van der Waals surface area contributed by atoms with Gasteiger partial charge in [0.1, 0.15) is 24.3 Å². The highest BCUT2D eigenvalue weighted by molar-refractivity contribution is 5.95. The van der Waals surface area contributed by atoms with Crippen LogP contribution in [-0.2, 0) is 11.3 Å². The Morgan fingerprint density at radius 3 is 2.92 bits per heavy atom. The summed E-state index contributed by atoms with van der Waals surface area (Å²) in [6.45, 7) is 5.58. The molecule has 0 bridgehead atoms. The molecule has 0 unspecified atom stereocenters. The summed E-state index contributed by atoms with van der Waals surface area (Å²) in [6, 6.07) is 17.0. The van der Waals surface area contributed by atoms with Gasteiger partial charge in [0.2, 0.25) is 0 Å². The molecule has 2 atom stereocenters. The second kappa shape index (κ2) is 12.3. The average Bonchev–Trinajstić information content (AvgIpc) is 2.95. The Bertz CT molecular complexity index is 1280. The molecule has 3 aromatic rings. The molecule has 2 N–H and O–H groups in total. The van der Waals surface area contributed by atoms with E-state index in [4.69, 9.17) is 24.2 Å². The summed E-state index contributed by atoms with van der Waals surface area (Å²) in [6.07, 6.45) is 0.430. The molecule has 2 saturated heterocycles. The number of benzene rings is 2. The van der Waals surface area contributed by atoms with Crippen LogP contribution in [0.4, 0.5) is 11.5 Å². The summed E-state index contributed by atoms with van der Waals surface area (Å²) in [5, 5.41) is 18.3. The largest absolute Gasteiger partial charge is 0.497 e. The van der Waals surface area contributed by atoms with Crippen LogP contribution in [0.5, 0.6) is 11.8 Å². The van der Waals surface area contributed by atoms with Gasteiger partial charge in [-0.15, -0.1) is 0 Å². The smallest absolute Gasteiger partial charge is 0.318 e. The van der Waals surface area contributed by atoms with Crippen molar-refractivity contribution >= 4 is 22.3 Å². The van der Waals surface area contributed by atoms with Crippen molar-refractivity contribution in [2.24, 2.45) is 0 Å². The minimum absolute atomic E-state index is 0.0232. The third-order valence-corrected chi connectivity index (χ3v) is 6.93. The zero-order valence-corrected chi connectivity index (χ0v) is 22.0. The van der Waals surface area contributed by atoms with Crippen LogP contribution in [0.3, 0.4) is 0 Å². The van der Waals surface area contributed by atoms with Crippen molar-refractivity contribution in [2.75, 3.05) is 70.3 Å². The van der Waals surface area contributed by atoms with Gasteiger partial charge in [-0.05, 0) is 18.5 Å². The molecule has 0 aliphatic carbocycles. The first kappa shape index (κ1) is 26.0. The number of nitrogens with zero attached hydrogens (tertiary/aromatic N) is 5. The molecule has 2 aliphatic rings. The van der Waals surface area contributed by atoms with Gasteiger partial charge in [0.25, 0.3) is 0 Å². The molecule has 0 saturated carbocycles. The number of piperazine rings is 1. The van der Waals surface area contributed by atoms with Crippen LogP contribution < -0.4 is 25.0 Å². The third kappa shape index (κ3) is 6.42. The summed E-state index contributed by atoms with van der Waals surface area (Å²) in [5.74, 6) is 1.59. The van der Waals surface area contributed by atoms with E-state index in [1.807, 2.05) is 30.3 Å². The van der Waals surface area contributed by atoms with E-state index in [1.54, 1.807) is 7.11 Å². The Morgan fingerprint density at radius 2 is 2.08 bits per heavy atom. The molecule has 2 aromatic carbocycles. The lowest BCUT2D eigenvalue weighted by Gasteiger charge is -2.34. The number of nitrogens with one attached hydrogen (secondary N) is 2. The first-order valence-electron chi connectivity index (χ1n) is 13.1. The number of ether oxygens (including phenoxy) is 3. The van der Waals surface area contributed by atoms with Crippen molar-refractivity contribution in [3.8, 4) is 17.8 Å². The summed E-state index contributed by atoms with van der Waals surface area (Å²) in [7, 11) is 3.76. The van der Waals surface area contributed by atoms with Crippen molar-refractivity contribution in [3.05, 3.63) is 48.2 Å². The standard InChI is InChI=1S/C28H35N7O3/c1-34-11-12-37-24(18-34)19-38-28-32-22(14-27(33-28)35-10-9-30-21(17-35)7-8-29)16-31-26-15-23(36-2)13-20-5-3-4-6-25(20)26/h3-6,13-15,21,24,30-31H,7,9-12,16-19H2,1-2H3/t21-,24-/m0/s1. The second-order valence-electron chi connectivity index (χ2n) is 9.78. The number of anilines is 2. The van der Waals surface area contributed by atoms with Crippen LogP contribution in [0, 0.1) is 11.3 Å². The first-order valence-corrected chi connectivity index (χ1v) is 13.1. The van der Waals surface area contributed by atoms with E-state index in [2.05, 4.69) is 45.7 Å². The molecule has 2 fully saturated rings. The van der Waals surface area contributed by atoms with E-state index in [1.165, 1.54) is 0 Å². The van der Waals surface area contributed by atoms with Crippen molar-refractivity contribution in [2.45, 2.75) is 25.1 Å². The quantitative estimate of drug-likeness (QED) is 0.440. The Kier molecular flexibility index (Phi) is 8.38. The fourth-order valence-corrected chi connectivity index (χ4v) is 4.93. The molecule has 5 rings (SSSR count). The molecule has 10 nitrogen and oxygen atoms in total. The summed E-state index contributed by atoms with van der Waals surface area (Å²) < 4.78 is 17.5. The minimum atomic E-state index is -0.0232. The molecule has 3 heterocycles. The Balaban J connectivity index is 1.38. The number of hydrogen-bond donors (Lipinski definition) is 2. The van der Waals surface area contributed by atoms with Gasteiger partial charge in [-0.1, -0.05) is 24.3 Å². The predicted molar refractivity (Wildman–Crippen MR) is 147 cm³/mol. The highest BCUT2D eigenvalue weighted by atomic mass is 16.5. The van der Waals surface area contributed by atoms with Crippen molar-refractivity contribution in [1.82, 2.24) is 20.2 Å².